The number of carbonyl (C=O) groups is 1. The van der Waals surface area contributed by atoms with Crippen molar-refractivity contribution in [3.05, 3.63) is 92.5 Å². The molecular formula is C27H26ClIN2O5. The van der Waals surface area contributed by atoms with E-state index >= 15 is 0 Å². The summed E-state index contributed by atoms with van der Waals surface area (Å²) in [5, 5.41) is 4.74. The predicted octanol–water partition coefficient (Wildman–Crippen LogP) is 6.26. The Morgan fingerprint density at radius 1 is 1.08 bits per heavy atom. The van der Waals surface area contributed by atoms with Crippen molar-refractivity contribution in [1.82, 2.24) is 5.43 Å². The summed E-state index contributed by atoms with van der Waals surface area (Å²) in [5.74, 6) is 1.79. The van der Waals surface area contributed by atoms with Crippen LogP contribution in [-0.4, -0.2) is 32.4 Å². The molecule has 188 valence electrons. The van der Waals surface area contributed by atoms with E-state index in [2.05, 4.69) is 39.7 Å². The lowest BCUT2D eigenvalue weighted by atomic mass is 10.2. The molecule has 0 spiro atoms. The van der Waals surface area contributed by atoms with E-state index in [1.165, 1.54) is 6.21 Å². The summed E-state index contributed by atoms with van der Waals surface area (Å²) >= 11 is 8.22. The highest BCUT2D eigenvalue weighted by Gasteiger charge is 2.13. The van der Waals surface area contributed by atoms with Gasteiger partial charge in [-0.05, 0) is 83.1 Å². The van der Waals surface area contributed by atoms with Crippen LogP contribution in [-0.2, 0) is 6.61 Å². The average Bonchev–Trinajstić information content (AvgIpc) is 2.87. The van der Waals surface area contributed by atoms with Gasteiger partial charge in [-0.3, -0.25) is 4.79 Å². The van der Waals surface area contributed by atoms with Gasteiger partial charge in [-0.2, -0.15) is 5.10 Å². The summed E-state index contributed by atoms with van der Waals surface area (Å²) in [6.07, 6.45) is 3.17. The number of ether oxygens (including phenoxy) is 4. The van der Waals surface area contributed by atoms with Crippen molar-refractivity contribution in [2.24, 2.45) is 5.10 Å². The van der Waals surface area contributed by atoms with Crippen molar-refractivity contribution in [2.45, 2.75) is 13.5 Å². The van der Waals surface area contributed by atoms with Crippen LogP contribution in [0.1, 0.15) is 28.4 Å². The van der Waals surface area contributed by atoms with E-state index < -0.39 is 0 Å². The fourth-order valence-corrected chi connectivity index (χ4v) is 4.15. The average molecular weight is 621 g/mol. The minimum Gasteiger partial charge on any atom is -0.493 e. The quantitative estimate of drug-likeness (QED) is 0.112. The van der Waals surface area contributed by atoms with Gasteiger partial charge in [0, 0.05) is 10.6 Å². The Kier molecular flexibility index (Phi) is 10.4. The van der Waals surface area contributed by atoms with Gasteiger partial charge >= 0.3 is 0 Å². The number of rotatable bonds is 12. The zero-order chi connectivity index (χ0) is 25.9. The molecule has 0 fully saturated rings. The molecule has 0 saturated heterocycles. The van der Waals surface area contributed by atoms with Gasteiger partial charge in [0.15, 0.2) is 23.0 Å². The van der Waals surface area contributed by atoms with Gasteiger partial charge in [0.2, 0.25) is 0 Å². The lowest BCUT2D eigenvalue weighted by molar-refractivity contribution is 0.0954. The maximum atomic E-state index is 12.6. The highest BCUT2D eigenvalue weighted by atomic mass is 127. The molecular weight excluding hydrogens is 595 g/mol. The van der Waals surface area contributed by atoms with E-state index in [0.29, 0.717) is 53.4 Å². The largest absolute Gasteiger partial charge is 0.493 e. The lowest BCUT2D eigenvalue weighted by Crippen LogP contribution is -2.17. The zero-order valence-electron chi connectivity index (χ0n) is 19.9. The van der Waals surface area contributed by atoms with Crippen LogP contribution in [0, 0.1) is 3.57 Å². The fraction of sp³-hybridized carbons (Fsp3) is 0.185. The Hall–Kier alpha value is -3.24. The van der Waals surface area contributed by atoms with Crippen molar-refractivity contribution in [1.29, 1.82) is 0 Å². The smallest absolute Gasteiger partial charge is 0.271 e. The maximum Gasteiger partial charge on any atom is 0.271 e. The summed E-state index contributed by atoms with van der Waals surface area (Å²) < 4.78 is 23.5. The third-order valence-electron chi connectivity index (χ3n) is 4.77. The molecule has 0 radical (unpaired) electrons. The second-order valence-corrected chi connectivity index (χ2v) is 8.94. The van der Waals surface area contributed by atoms with E-state index in [9.17, 15) is 4.79 Å². The molecule has 3 rings (SSSR count). The first kappa shape index (κ1) is 27.3. The number of hydrazone groups is 1. The van der Waals surface area contributed by atoms with E-state index in [4.69, 9.17) is 30.5 Å². The SMILES string of the molecule is C=CCOc1ccc(C(=O)N/N=C/c2cc(I)c(OCc3cccc(Cl)c3)c(OC)c2)cc1OCC. The molecule has 3 aromatic rings. The number of nitrogens with zero attached hydrogens (tertiary/aromatic N) is 1. The van der Waals surface area contributed by atoms with E-state index in [1.54, 1.807) is 37.5 Å². The molecule has 3 aromatic carbocycles. The topological polar surface area (TPSA) is 78.4 Å². The summed E-state index contributed by atoms with van der Waals surface area (Å²) in [7, 11) is 1.57. The van der Waals surface area contributed by atoms with Crippen molar-refractivity contribution in [3.8, 4) is 23.0 Å². The van der Waals surface area contributed by atoms with Crippen LogP contribution >= 0.6 is 34.2 Å². The third-order valence-corrected chi connectivity index (χ3v) is 5.80. The molecule has 0 heterocycles. The zero-order valence-corrected chi connectivity index (χ0v) is 22.8. The van der Waals surface area contributed by atoms with Crippen molar-refractivity contribution >= 4 is 46.3 Å². The number of halogens is 2. The molecule has 0 aliphatic heterocycles. The molecule has 0 atom stereocenters. The molecule has 36 heavy (non-hydrogen) atoms. The molecule has 0 saturated carbocycles. The van der Waals surface area contributed by atoms with Crippen LogP contribution in [0.5, 0.6) is 23.0 Å². The summed E-state index contributed by atoms with van der Waals surface area (Å²) in [4.78, 5) is 12.6. The van der Waals surface area contributed by atoms with Gasteiger partial charge in [-0.15, -0.1) is 0 Å². The number of amides is 1. The first-order valence-electron chi connectivity index (χ1n) is 11.0. The Balaban J connectivity index is 1.68. The number of methoxy groups -OCH3 is 1. The maximum absolute atomic E-state index is 12.6. The Bertz CT molecular complexity index is 1250. The number of nitrogens with one attached hydrogen (secondary N) is 1. The first-order chi connectivity index (χ1) is 17.4. The summed E-state index contributed by atoms with van der Waals surface area (Å²) in [6, 6.07) is 16.1. The van der Waals surface area contributed by atoms with E-state index in [0.717, 1.165) is 14.7 Å². The fourth-order valence-electron chi connectivity index (χ4n) is 3.15. The summed E-state index contributed by atoms with van der Waals surface area (Å²) in [6.45, 7) is 6.61. The van der Waals surface area contributed by atoms with Gasteiger partial charge < -0.3 is 18.9 Å². The molecule has 1 amide bonds. The summed E-state index contributed by atoms with van der Waals surface area (Å²) in [5.41, 5.74) is 4.60. The van der Waals surface area contributed by atoms with E-state index in [-0.39, 0.29) is 5.91 Å². The third kappa shape index (κ3) is 7.63. The molecule has 0 aliphatic carbocycles. The van der Waals surface area contributed by atoms with Crippen LogP contribution < -0.4 is 24.4 Å². The van der Waals surface area contributed by atoms with Crippen molar-refractivity contribution < 1.29 is 23.7 Å². The number of hydrogen-bond acceptors (Lipinski definition) is 6. The van der Waals surface area contributed by atoms with Crippen LogP contribution in [0.2, 0.25) is 5.02 Å². The van der Waals surface area contributed by atoms with Gasteiger partial charge in [0.25, 0.3) is 5.91 Å². The first-order valence-corrected chi connectivity index (χ1v) is 12.5. The van der Waals surface area contributed by atoms with Gasteiger partial charge in [-0.25, -0.2) is 5.43 Å². The molecule has 0 aliphatic rings. The minimum absolute atomic E-state index is 0.336. The Morgan fingerprint density at radius 3 is 2.64 bits per heavy atom. The number of benzene rings is 3. The van der Waals surface area contributed by atoms with Crippen molar-refractivity contribution in [3.63, 3.8) is 0 Å². The molecule has 9 heteroatoms. The second-order valence-electron chi connectivity index (χ2n) is 7.35. The Morgan fingerprint density at radius 2 is 1.92 bits per heavy atom. The van der Waals surface area contributed by atoms with Crippen LogP contribution in [0.3, 0.4) is 0 Å². The van der Waals surface area contributed by atoms with Crippen LogP contribution in [0.25, 0.3) is 0 Å². The minimum atomic E-state index is -0.384. The monoisotopic (exact) mass is 620 g/mol. The molecule has 0 unspecified atom stereocenters. The lowest BCUT2D eigenvalue weighted by Gasteiger charge is -2.14. The molecule has 1 N–H and O–H groups in total. The van der Waals surface area contributed by atoms with Gasteiger partial charge in [0.1, 0.15) is 13.2 Å². The number of hydrogen-bond donors (Lipinski definition) is 1. The standard InChI is InChI=1S/C27H26ClIN2O5/c1-4-11-35-23-10-9-20(15-24(23)34-5-2)27(32)31-30-16-19-13-22(29)26(25(14-19)33-3)36-17-18-7-6-8-21(28)12-18/h4,6-10,12-16H,1,5,11,17H2,2-3H3,(H,31,32)/b30-16+. The highest BCUT2D eigenvalue weighted by Crippen LogP contribution is 2.34. The predicted molar refractivity (Wildman–Crippen MR) is 150 cm³/mol. The van der Waals surface area contributed by atoms with Gasteiger partial charge in [0.05, 0.1) is 23.5 Å². The van der Waals surface area contributed by atoms with E-state index in [1.807, 2.05) is 37.3 Å². The second kappa shape index (κ2) is 13.7. The molecule has 0 bridgehead atoms. The molecule has 7 nitrogen and oxygen atoms in total. The van der Waals surface area contributed by atoms with Crippen LogP contribution in [0.15, 0.2) is 72.4 Å². The molecule has 0 aromatic heterocycles. The Labute approximate surface area is 229 Å². The van der Waals surface area contributed by atoms with Gasteiger partial charge in [-0.1, -0.05) is 36.4 Å². The number of carbonyl (C=O) groups excluding carboxylic acids is 1. The highest BCUT2D eigenvalue weighted by molar-refractivity contribution is 14.1. The van der Waals surface area contributed by atoms with Crippen LogP contribution in [0.4, 0.5) is 0 Å². The normalized spacial score (nSPS) is 10.7. The van der Waals surface area contributed by atoms with Crippen molar-refractivity contribution in [2.75, 3.05) is 20.3 Å².